The van der Waals surface area contributed by atoms with Gasteiger partial charge in [-0.25, -0.2) is 4.79 Å². The average Bonchev–Trinajstić information content (AvgIpc) is 3.00. The SMILES string of the molecule is O=c1oc2ccccc2n1CCN1CCC(CO)C1. The Bertz CT molecular complexity index is 616. The van der Waals surface area contributed by atoms with E-state index in [0.717, 1.165) is 31.6 Å². The highest BCUT2D eigenvalue weighted by atomic mass is 16.4. The molecule has 2 aromatic rings. The minimum Gasteiger partial charge on any atom is -0.408 e. The minimum atomic E-state index is -0.292. The lowest BCUT2D eigenvalue weighted by Gasteiger charge is -2.15. The fourth-order valence-corrected chi connectivity index (χ4v) is 2.73. The van der Waals surface area contributed by atoms with Crippen molar-refractivity contribution in [2.75, 3.05) is 26.2 Å². The zero-order valence-electron chi connectivity index (χ0n) is 10.8. The smallest absolute Gasteiger partial charge is 0.408 e. The molecule has 1 N–H and O–H groups in total. The Morgan fingerprint density at radius 1 is 1.32 bits per heavy atom. The number of oxazole rings is 1. The third-order valence-corrected chi connectivity index (χ3v) is 3.84. The van der Waals surface area contributed by atoms with Crippen LogP contribution in [0.1, 0.15) is 6.42 Å². The molecule has 1 aliphatic heterocycles. The van der Waals surface area contributed by atoms with E-state index < -0.39 is 0 Å². The fraction of sp³-hybridized carbons (Fsp3) is 0.500. The molecule has 1 aromatic carbocycles. The summed E-state index contributed by atoms with van der Waals surface area (Å²) >= 11 is 0. The molecule has 1 fully saturated rings. The predicted molar refractivity (Wildman–Crippen MR) is 72.1 cm³/mol. The first-order valence-electron chi connectivity index (χ1n) is 6.69. The van der Waals surface area contributed by atoms with Crippen LogP contribution in [0.25, 0.3) is 11.1 Å². The van der Waals surface area contributed by atoms with Gasteiger partial charge in [-0.2, -0.15) is 0 Å². The number of fused-ring (bicyclic) bond motifs is 1. The number of rotatable bonds is 4. The van der Waals surface area contributed by atoms with Crippen molar-refractivity contribution in [3.05, 3.63) is 34.8 Å². The molecule has 1 aromatic heterocycles. The molecule has 0 amide bonds. The quantitative estimate of drug-likeness (QED) is 0.889. The van der Waals surface area contributed by atoms with E-state index in [2.05, 4.69) is 4.90 Å². The molecule has 0 spiro atoms. The number of hydrogen-bond donors (Lipinski definition) is 1. The van der Waals surface area contributed by atoms with Crippen molar-refractivity contribution in [1.29, 1.82) is 0 Å². The Labute approximate surface area is 111 Å². The summed E-state index contributed by atoms with van der Waals surface area (Å²) < 4.78 is 6.89. The standard InChI is InChI=1S/C14H18N2O3/c17-10-11-5-6-15(9-11)7-8-16-12-3-1-2-4-13(12)19-14(16)18/h1-4,11,17H,5-10H2. The highest BCUT2D eigenvalue weighted by Gasteiger charge is 2.21. The molecular formula is C14H18N2O3. The lowest BCUT2D eigenvalue weighted by molar-refractivity contribution is 0.220. The van der Waals surface area contributed by atoms with E-state index in [0.29, 0.717) is 18.0 Å². The van der Waals surface area contributed by atoms with Gasteiger partial charge in [0.05, 0.1) is 5.52 Å². The molecule has 5 heteroatoms. The van der Waals surface area contributed by atoms with E-state index >= 15 is 0 Å². The van der Waals surface area contributed by atoms with Crippen LogP contribution in [0.5, 0.6) is 0 Å². The highest BCUT2D eigenvalue weighted by molar-refractivity contribution is 5.72. The van der Waals surface area contributed by atoms with Gasteiger partial charge >= 0.3 is 5.76 Å². The second-order valence-corrected chi connectivity index (χ2v) is 5.13. The summed E-state index contributed by atoms with van der Waals surface area (Å²) in [6, 6.07) is 7.49. The third kappa shape index (κ3) is 2.43. The number of para-hydroxylation sites is 2. The number of nitrogens with zero attached hydrogens (tertiary/aromatic N) is 2. The molecule has 0 radical (unpaired) electrons. The largest absolute Gasteiger partial charge is 0.419 e. The number of aromatic nitrogens is 1. The van der Waals surface area contributed by atoms with Gasteiger partial charge in [0.1, 0.15) is 0 Å². The molecule has 1 unspecified atom stereocenters. The Kier molecular flexibility index (Phi) is 3.40. The Hall–Kier alpha value is -1.59. The van der Waals surface area contributed by atoms with E-state index in [9.17, 15) is 4.79 Å². The van der Waals surface area contributed by atoms with Gasteiger partial charge in [0.25, 0.3) is 0 Å². The van der Waals surface area contributed by atoms with Crippen molar-refractivity contribution in [2.24, 2.45) is 5.92 Å². The molecule has 5 nitrogen and oxygen atoms in total. The van der Waals surface area contributed by atoms with Crippen LogP contribution in [0.4, 0.5) is 0 Å². The number of likely N-dealkylation sites (tertiary alicyclic amines) is 1. The van der Waals surface area contributed by atoms with Crippen LogP contribution < -0.4 is 5.76 Å². The number of aliphatic hydroxyl groups excluding tert-OH is 1. The first kappa shape index (κ1) is 12.4. The van der Waals surface area contributed by atoms with Crippen LogP contribution in [0, 0.1) is 5.92 Å². The molecule has 1 saturated heterocycles. The van der Waals surface area contributed by atoms with Gasteiger partial charge in [-0.05, 0) is 31.0 Å². The van der Waals surface area contributed by atoms with Gasteiger partial charge < -0.3 is 14.4 Å². The molecule has 0 saturated carbocycles. The van der Waals surface area contributed by atoms with Gasteiger partial charge in [0, 0.05) is 26.2 Å². The second-order valence-electron chi connectivity index (χ2n) is 5.13. The Morgan fingerprint density at radius 2 is 2.16 bits per heavy atom. The molecular weight excluding hydrogens is 244 g/mol. The summed E-state index contributed by atoms with van der Waals surface area (Å²) in [5, 5.41) is 9.12. The van der Waals surface area contributed by atoms with Crippen LogP contribution in [0.15, 0.2) is 33.5 Å². The van der Waals surface area contributed by atoms with Crippen molar-refractivity contribution >= 4 is 11.1 Å². The van der Waals surface area contributed by atoms with Gasteiger partial charge in [0.2, 0.25) is 0 Å². The van der Waals surface area contributed by atoms with Crippen LogP contribution in [-0.2, 0) is 6.54 Å². The normalized spacial score (nSPS) is 20.4. The Morgan fingerprint density at radius 3 is 2.95 bits per heavy atom. The minimum absolute atomic E-state index is 0.255. The van der Waals surface area contributed by atoms with Crippen molar-refractivity contribution < 1.29 is 9.52 Å². The molecule has 3 rings (SSSR count). The number of benzene rings is 1. The lowest BCUT2D eigenvalue weighted by atomic mass is 10.1. The van der Waals surface area contributed by atoms with Crippen molar-refractivity contribution in [1.82, 2.24) is 9.47 Å². The fourth-order valence-electron chi connectivity index (χ4n) is 2.73. The summed E-state index contributed by atoms with van der Waals surface area (Å²) in [7, 11) is 0. The summed E-state index contributed by atoms with van der Waals surface area (Å²) in [5.41, 5.74) is 1.49. The lowest BCUT2D eigenvalue weighted by Crippen LogP contribution is -2.28. The predicted octanol–water partition coefficient (Wildman–Crippen LogP) is 0.909. The summed E-state index contributed by atoms with van der Waals surface area (Å²) in [4.78, 5) is 14.1. The van der Waals surface area contributed by atoms with E-state index in [1.165, 1.54) is 0 Å². The van der Waals surface area contributed by atoms with E-state index in [1.807, 2.05) is 24.3 Å². The molecule has 0 aliphatic carbocycles. The first-order chi connectivity index (χ1) is 9.28. The highest BCUT2D eigenvalue weighted by Crippen LogP contribution is 2.16. The summed E-state index contributed by atoms with van der Waals surface area (Å²) in [5.74, 6) is 0.0944. The summed E-state index contributed by atoms with van der Waals surface area (Å²) in [6.07, 6.45) is 1.04. The van der Waals surface area contributed by atoms with Crippen LogP contribution in [0.3, 0.4) is 0 Å². The maximum atomic E-state index is 11.8. The summed E-state index contributed by atoms with van der Waals surface area (Å²) in [6.45, 7) is 3.62. The zero-order chi connectivity index (χ0) is 13.2. The van der Waals surface area contributed by atoms with Crippen LogP contribution >= 0.6 is 0 Å². The molecule has 0 bridgehead atoms. The zero-order valence-corrected chi connectivity index (χ0v) is 10.8. The maximum Gasteiger partial charge on any atom is 0.419 e. The molecule has 102 valence electrons. The van der Waals surface area contributed by atoms with Crippen molar-refractivity contribution in [3.8, 4) is 0 Å². The molecule has 1 aliphatic rings. The number of hydrogen-bond acceptors (Lipinski definition) is 4. The Balaban J connectivity index is 1.72. The van der Waals surface area contributed by atoms with Crippen LogP contribution in [-0.4, -0.2) is 40.8 Å². The average molecular weight is 262 g/mol. The molecule has 2 heterocycles. The third-order valence-electron chi connectivity index (χ3n) is 3.84. The second kappa shape index (κ2) is 5.19. The van der Waals surface area contributed by atoms with Gasteiger partial charge in [-0.1, -0.05) is 12.1 Å². The van der Waals surface area contributed by atoms with Crippen LogP contribution in [0.2, 0.25) is 0 Å². The van der Waals surface area contributed by atoms with Gasteiger partial charge in [-0.15, -0.1) is 0 Å². The van der Waals surface area contributed by atoms with Gasteiger partial charge in [0.15, 0.2) is 5.58 Å². The maximum absolute atomic E-state index is 11.8. The van der Waals surface area contributed by atoms with E-state index in [-0.39, 0.29) is 12.4 Å². The molecule has 19 heavy (non-hydrogen) atoms. The van der Waals surface area contributed by atoms with Gasteiger partial charge in [-0.3, -0.25) is 4.57 Å². The van der Waals surface area contributed by atoms with Crippen molar-refractivity contribution in [2.45, 2.75) is 13.0 Å². The first-order valence-corrected chi connectivity index (χ1v) is 6.69. The van der Waals surface area contributed by atoms with E-state index in [4.69, 9.17) is 9.52 Å². The topological polar surface area (TPSA) is 58.6 Å². The number of aliphatic hydroxyl groups is 1. The van der Waals surface area contributed by atoms with E-state index in [1.54, 1.807) is 4.57 Å². The monoisotopic (exact) mass is 262 g/mol. The molecule has 1 atom stereocenters. The van der Waals surface area contributed by atoms with Crippen molar-refractivity contribution in [3.63, 3.8) is 0 Å².